The van der Waals surface area contributed by atoms with Gasteiger partial charge in [0.05, 0.1) is 6.04 Å². The van der Waals surface area contributed by atoms with E-state index in [2.05, 4.69) is 37.4 Å². The fraction of sp³-hybridized carbons (Fsp3) is 0.350. The van der Waals surface area contributed by atoms with Crippen molar-refractivity contribution in [1.82, 2.24) is 5.32 Å². The molecule has 0 aliphatic carbocycles. The Hall–Kier alpha value is -2.29. The Morgan fingerprint density at radius 3 is 2.35 bits per heavy atom. The van der Waals surface area contributed by atoms with Crippen LogP contribution in [0.4, 0.5) is 0 Å². The van der Waals surface area contributed by atoms with Crippen molar-refractivity contribution in [2.45, 2.75) is 40.7 Å². The number of carbonyl (C=O) groups excluding carboxylic acids is 1. The van der Waals surface area contributed by atoms with Crippen molar-refractivity contribution in [3.8, 4) is 5.75 Å². The molecule has 2 aromatic carbocycles. The Kier molecular flexibility index (Phi) is 5.43. The van der Waals surface area contributed by atoms with Gasteiger partial charge in [0.2, 0.25) is 0 Å². The SMILES string of the molecule is Cc1ccc([C@@H](C)NC(=O)COc2cc(C)ccc2C)c(C)c1. The molecular formula is C20H25NO2. The molecule has 2 rings (SSSR count). The van der Waals surface area contributed by atoms with Gasteiger partial charge >= 0.3 is 0 Å². The second-order valence-electron chi connectivity index (χ2n) is 6.21. The van der Waals surface area contributed by atoms with Crippen LogP contribution in [-0.2, 0) is 4.79 Å². The lowest BCUT2D eigenvalue weighted by Crippen LogP contribution is -2.31. The minimum Gasteiger partial charge on any atom is -0.483 e. The molecule has 0 fully saturated rings. The molecule has 2 aromatic rings. The summed E-state index contributed by atoms with van der Waals surface area (Å²) in [7, 11) is 0. The van der Waals surface area contributed by atoms with E-state index in [0.717, 1.165) is 22.4 Å². The van der Waals surface area contributed by atoms with E-state index in [9.17, 15) is 4.79 Å². The number of amides is 1. The average Bonchev–Trinajstić information content (AvgIpc) is 2.48. The van der Waals surface area contributed by atoms with Gasteiger partial charge in [-0.25, -0.2) is 0 Å². The van der Waals surface area contributed by atoms with Crippen LogP contribution in [0, 0.1) is 27.7 Å². The van der Waals surface area contributed by atoms with Gasteiger partial charge in [-0.05, 0) is 62.9 Å². The van der Waals surface area contributed by atoms with E-state index in [1.54, 1.807) is 0 Å². The first-order valence-electron chi connectivity index (χ1n) is 7.93. The first kappa shape index (κ1) is 17.1. The van der Waals surface area contributed by atoms with Gasteiger partial charge in [0, 0.05) is 0 Å². The van der Waals surface area contributed by atoms with Crippen molar-refractivity contribution in [3.05, 3.63) is 64.2 Å². The molecule has 0 heterocycles. The van der Waals surface area contributed by atoms with Gasteiger partial charge in [0.25, 0.3) is 5.91 Å². The summed E-state index contributed by atoms with van der Waals surface area (Å²) in [6.45, 7) is 10.1. The molecule has 3 nitrogen and oxygen atoms in total. The molecule has 0 aliphatic heterocycles. The third kappa shape index (κ3) is 4.59. The smallest absolute Gasteiger partial charge is 0.258 e. The zero-order chi connectivity index (χ0) is 17.0. The number of aryl methyl sites for hydroxylation is 4. The van der Waals surface area contributed by atoms with Gasteiger partial charge in [-0.3, -0.25) is 4.79 Å². The predicted octanol–water partition coefficient (Wildman–Crippen LogP) is 4.18. The van der Waals surface area contributed by atoms with Crippen molar-refractivity contribution in [3.63, 3.8) is 0 Å². The minimum atomic E-state index is -0.113. The van der Waals surface area contributed by atoms with E-state index in [4.69, 9.17) is 4.74 Å². The first-order chi connectivity index (χ1) is 10.9. The van der Waals surface area contributed by atoms with Crippen LogP contribution in [0.3, 0.4) is 0 Å². The van der Waals surface area contributed by atoms with Crippen LogP contribution in [0.2, 0.25) is 0 Å². The lowest BCUT2D eigenvalue weighted by atomic mass is 10.0. The Morgan fingerprint density at radius 1 is 1.00 bits per heavy atom. The quantitative estimate of drug-likeness (QED) is 0.899. The van der Waals surface area contributed by atoms with Gasteiger partial charge in [-0.2, -0.15) is 0 Å². The third-order valence-electron chi connectivity index (χ3n) is 3.97. The summed E-state index contributed by atoms with van der Waals surface area (Å²) in [4.78, 5) is 12.1. The zero-order valence-corrected chi connectivity index (χ0v) is 14.6. The molecule has 1 amide bonds. The summed E-state index contributed by atoms with van der Waals surface area (Å²) in [5.74, 6) is 0.651. The normalized spacial score (nSPS) is 11.9. The van der Waals surface area contributed by atoms with Crippen molar-refractivity contribution >= 4 is 5.91 Å². The maximum atomic E-state index is 12.1. The summed E-state index contributed by atoms with van der Waals surface area (Å²) >= 11 is 0. The van der Waals surface area contributed by atoms with Gasteiger partial charge in [-0.1, -0.05) is 35.9 Å². The number of hydrogen-bond donors (Lipinski definition) is 1. The van der Waals surface area contributed by atoms with E-state index >= 15 is 0 Å². The lowest BCUT2D eigenvalue weighted by molar-refractivity contribution is -0.123. The van der Waals surface area contributed by atoms with Crippen molar-refractivity contribution < 1.29 is 9.53 Å². The molecule has 0 unspecified atom stereocenters. The van der Waals surface area contributed by atoms with E-state index < -0.39 is 0 Å². The van der Waals surface area contributed by atoms with E-state index in [-0.39, 0.29) is 18.6 Å². The number of benzene rings is 2. The maximum absolute atomic E-state index is 12.1. The van der Waals surface area contributed by atoms with E-state index in [0.29, 0.717) is 0 Å². The number of hydrogen-bond acceptors (Lipinski definition) is 2. The number of carbonyl (C=O) groups is 1. The van der Waals surface area contributed by atoms with Crippen molar-refractivity contribution in [2.75, 3.05) is 6.61 Å². The molecule has 0 radical (unpaired) electrons. The molecule has 122 valence electrons. The molecule has 0 bridgehead atoms. The summed E-state index contributed by atoms with van der Waals surface area (Å²) in [5.41, 5.74) is 5.70. The van der Waals surface area contributed by atoms with Crippen LogP contribution in [0.25, 0.3) is 0 Å². The largest absolute Gasteiger partial charge is 0.483 e. The third-order valence-corrected chi connectivity index (χ3v) is 3.97. The van der Waals surface area contributed by atoms with E-state index in [1.807, 2.05) is 39.0 Å². The zero-order valence-electron chi connectivity index (χ0n) is 14.6. The summed E-state index contributed by atoms with van der Waals surface area (Å²) < 4.78 is 5.65. The molecule has 0 spiro atoms. The molecule has 0 saturated carbocycles. The van der Waals surface area contributed by atoms with E-state index in [1.165, 1.54) is 11.1 Å². The standard InChI is InChI=1S/C20H25NO2/c1-13-7-9-18(16(4)10-13)17(5)21-20(22)12-23-19-11-14(2)6-8-15(19)3/h6-11,17H,12H2,1-5H3,(H,21,22)/t17-/m1/s1. The highest BCUT2D eigenvalue weighted by Gasteiger charge is 2.12. The monoisotopic (exact) mass is 311 g/mol. The van der Waals surface area contributed by atoms with Crippen LogP contribution >= 0.6 is 0 Å². The van der Waals surface area contributed by atoms with Crippen LogP contribution in [0.15, 0.2) is 36.4 Å². The molecule has 23 heavy (non-hydrogen) atoms. The number of rotatable bonds is 5. The molecule has 0 saturated heterocycles. The molecule has 0 aromatic heterocycles. The highest BCUT2D eigenvalue weighted by atomic mass is 16.5. The number of nitrogens with one attached hydrogen (secondary N) is 1. The van der Waals surface area contributed by atoms with Crippen LogP contribution < -0.4 is 10.1 Å². The van der Waals surface area contributed by atoms with Crippen molar-refractivity contribution in [2.24, 2.45) is 0 Å². The Bertz CT molecular complexity index is 707. The summed E-state index contributed by atoms with van der Waals surface area (Å²) in [6.07, 6.45) is 0. The van der Waals surface area contributed by atoms with Crippen molar-refractivity contribution in [1.29, 1.82) is 0 Å². The van der Waals surface area contributed by atoms with Gasteiger partial charge < -0.3 is 10.1 Å². The second-order valence-corrected chi connectivity index (χ2v) is 6.21. The topological polar surface area (TPSA) is 38.3 Å². The molecular weight excluding hydrogens is 286 g/mol. The fourth-order valence-corrected chi connectivity index (χ4v) is 2.68. The van der Waals surface area contributed by atoms with Gasteiger partial charge in [0.15, 0.2) is 6.61 Å². The molecule has 3 heteroatoms. The Balaban J connectivity index is 1.95. The first-order valence-corrected chi connectivity index (χ1v) is 7.93. The Morgan fingerprint density at radius 2 is 1.65 bits per heavy atom. The lowest BCUT2D eigenvalue weighted by Gasteiger charge is -2.17. The average molecular weight is 311 g/mol. The second kappa shape index (κ2) is 7.32. The van der Waals surface area contributed by atoms with Gasteiger partial charge in [0.1, 0.15) is 5.75 Å². The minimum absolute atomic E-state index is 0.0273. The van der Waals surface area contributed by atoms with Crippen LogP contribution in [0.5, 0.6) is 5.75 Å². The fourth-order valence-electron chi connectivity index (χ4n) is 2.68. The maximum Gasteiger partial charge on any atom is 0.258 e. The summed E-state index contributed by atoms with van der Waals surface area (Å²) in [5, 5.41) is 3.00. The highest BCUT2D eigenvalue weighted by Crippen LogP contribution is 2.20. The molecule has 1 atom stereocenters. The Labute approximate surface area is 138 Å². The molecule has 1 N–H and O–H groups in total. The van der Waals surface area contributed by atoms with Gasteiger partial charge in [-0.15, -0.1) is 0 Å². The van der Waals surface area contributed by atoms with Crippen LogP contribution in [0.1, 0.15) is 40.8 Å². The van der Waals surface area contributed by atoms with Crippen LogP contribution in [-0.4, -0.2) is 12.5 Å². The number of ether oxygens (including phenoxy) is 1. The highest BCUT2D eigenvalue weighted by molar-refractivity contribution is 5.78. The predicted molar refractivity (Wildman–Crippen MR) is 93.9 cm³/mol. The molecule has 0 aliphatic rings. The summed E-state index contributed by atoms with van der Waals surface area (Å²) in [6, 6.07) is 12.2.